The first-order valence-electron chi connectivity index (χ1n) is 7.76. The van der Waals surface area contributed by atoms with Crippen molar-refractivity contribution in [2.75, 3.05) is 10.6 Å². The molecule has 3 N–H and O–H groups in total. The predicted octanol–water partition coefficient (Wildman–Crippen LogP) is 2.35. The molecule has 0 bridgehead atoms. The standard InChI is InChI=1S/C17H16ClN3O4S/c1-10-16(22)20-14-7-6-13(8-15(14)21-17(10)23)26(24,25)19-9-11-2-4-12(18)5-3-11/h2-8,10,19H,9H2,1H3,(H,20,22)(H,21,23). The fourth-order valence-corrected chi connectivity index (χ4v) is 3.54. The van der Waals surface area contributed by atoms with Crippen LogP contribution >= 0.6 is 11.6 Å². The first-order chi connectivity index (χ1) is 12.3. The summed E-state index contributed by atoms with van der Waals surface area (Å²) in [4.78, 5) is 23.8. The number of hydrogen-bond acceptors (Lipinski definition) is 4. The Labute approximate surface area is 155 Å². The number of halogens is 1. The molecule has 7 nitrogen and oxygen atoms in total. The van der Waals surface area contributed by atoms with Gasteiger partial charge in [-0.15, -0.1) is 0 Å². The van der Waals surface area contributed by atoms with Crippen molar-refractivity contribution in [1.82, 2.24) is 4.72 Å². The van der Waals surface area contributed by atoms with Crippen LogP contribution < -0.4 is 15.4 Å². The summed E-state index contributed by atoms with van der Waals surface area (Å²) in [7, 11) is -3.81. The maximum atomic E-state index is 12.5. The summed E-state index contributed by atoms with van der Waals surface area (Å²) in [5, 5.41) is 5.72. The minimum atomic E-state index is -3.81. The van der Waals surface area contributed by atoms with Gasteiger partial charge in [0.15, 0.2) is 0 Å². The highest BCUT2D eigenvalue weighted by Crippen LogP contribution is 2.28. The van der Waals surface area contributed by atoms with E-state index in [2.05, 4.69) is 15.4 Å². The fraction of sp³-hybridized carbons (Fsp3) is 0.176. The molecule has 2 aromatic rings. The van der Waals surface area contributed by atoms with E-state index in [0.717, 1.165) is 5.56 Å². The average Bonchev–Trinajstić information content (AvgIpc) is 2.71. The van der Waals surface area contributed by atoms with Crippen molar-refractivity contribution in [2.45, 2.75) is 18.4 Å². The van der Waals surface area contributed by atoms with Crippen LogP contribution in [-0.4, -0.2) is 20.2 Å². The maximum absolute atomic E-state index is 12.5. The number of nitrogens with one attached hydrogen (secondary N) is 3. The minimum absolute atomic E-state index is 0.0192. The molecule has 1 atom stereocenters. The molecular formula is C17H16ClN3O4S. The van der Waals surface area contributed by atoms with Crippen molar-refractivity contribution in [3.8, 4) is 0 Å². The second kappa shape index (κ2) is 7.06. The zero-order valence-electron chi connectivity index (χ0n) is 13.7. The lowest BCUT2D eigenvalue weighted by atomic mass is 10.1. The fourth-order valence-electron chi connectivity index (χ4n) is 2.37. The van der Waals surface area contributed by atoms with Gasteiger partial charge in [0, 0.05) is 11.6 Å². The van der Waals surface area contributed by atoms with Crippen LogP contribution in [0, 0.1) is 5.92 Å². The Hall–Kier alpha value is -2.42. The Kier molecular flexibility index (Phi) is 4.99. The molecule has 136 valence electrons. The van der Waals surface area contributed by atoms with Crippen LogP contribution in [0.3, 0.4) is 0 Å². The van der Waals surface area contributed by atoms with Gasteiger partial charge in [0.2, 0.25) is 21.8 Å². The summed E-state index contributed by atoms with van der Waals surface area (Å²) in [5.41, 5.74) is 1.34. The van der Waals surface area contributed by atoms with Gasteiger partial charge in [0.05, 0.1) is 16.3 Å². The molecule has 0 aliphatic carbocycles. The second-order valence-corrected chi connectivity index (χ2v) is 8.06. The van der Waals surface area contributed by atoms with Crippen LogP contribution in [0.1, 0.15) is 12.5 Å². The topological polar surface area (TPSA) is 104 Å². The predicted molar refractivity (Wildman–Crippen MR) is 98.3 cm³/mol. The lowest BCUT2D eigenvalue weighted by molar-refractivity contribution is -0.128. The number of rotatable bonds is 4. The van der Waals surface area contributed by atoms with E-state index in [1.807, 2.05) is 0 Å². The van der Waals surface area contributed by atoms with Crippen molar-refractivity contribution < 1.29 is 18.0 Å². The molecule has 0 aromatic heterocycles. The van der Waals surface area contributed by atoms with Crippen molar-refractivity contribution in [3.63, 3.8) is 0 Å². The Morgan fingerprint density at radius 1 is 1.00 bits per heavy atom. The minimum Gasteiger partial charge on any atom is -0.324 e. The van der Waals surface area contributed by atoms with Crippen LogP contribution in [0.2, 0.25) is 5.02 Å². The summed E-state index contributed by atoms with van der Waals surface area (Å²) in [5.74, 6) is -1.81. The van der Waals surface area contributed by atoms with Gasteiger partial charge in [0.25, 0.3) is 0 Å². The molecule has 2 aromatic carbocycles. The SMILES string of the molecule is CC1C(=O)Nc2ccc(S(=O)(=O)NCc3ccc(Cl)cc3)cc2NC1=O. The van der Waals surface area contributed by atoms with E-state index in [9.17, 15) is 18.0 Å². The summed E-state index contributed by atoms with van der Waals surface area (Å²) >= 11 is 5.81. The maximum Gasteiger partial charge on any atom is 0.240 e. The van der Waals surface area contributed by atoms with Crippen LogP contribution in [0.5, 0.6) is 0 Å². The van der Waals surface area contributed by atoms with E-state index in [1.54, 1.807) is 24.3 Å². The molecule has 2 amide bonds. The molecular weight excluding hydrogens is 378 g/mol. The molecule has 26 heavy (non-hydrogen) atoms. The summed E-state index contributed by atoms with van der Waals surface area (Å²) in [6.07, 6.45) is 0. The van der Waals surface area contributed by atoms with Crippen LogP contribution in [0.15, 0.2) is 47.4 Å². The highest BCUT2D eigenvalue weighted by Gasteiger charge is 2.27. The Bertz CT molecular complexity index is 974. The van der Waals surface area contributed by atoms with E-state index in [1.165, 1.54) is 25.1 Å². The molecule has 0 radical (unpaired) electrons. The van der Waals surface area contributed by atoms with E-state index >= 15 is 0 Å². The third-order valence-electron chi connectivity index (χ3n) is 3.98. The number of hydrogen-bond donors (Lipinski definition) is 3. The molecule has 0 saturated heterocycles. The normalized spacial score (nSPS) is 17.1. The first kappa shape index (κ1) is 18.4. The molecule has 9 heteroatoms. The summed E-state index contributed by atoms with van der Waals surface area (Å²) < 4.78 is 27.5. The van der Waals surface area contributed by atoms with Crippen molar-refractivity contribution >= 4 is 44.8 Å². The van der Waals surface area contributed by atoms with Gasteiger partial charge in [-0.2, -0.15) is 0 Å². The Morgan fingerprint density at radius 2 is 1.62 bits per heavy atom. The van der Waals surface area contributed by atoms with E-state index < -0.39 is 27.8 Å². The number of carbonyl (C=O) groups is 2. The highest BCUT2D eigenvalue weighted by atomic mass is 35.5. The monoisotopic (exact) mass is 393 g/mol. The molecule has 1 aliphatic rings. The van der Waals surface area contributed by atoms with E-state index in [4.69, 9.17) is 11.6 Å². The number of amides is 2. The number of carbonyl (C=O) groups excluding carboxylic acids is 2. The van der Waals surface area contributed by atoms with Gasteiger partial charge < -0.3 is 10.6 Å². The molecule has 0 fully saturated rings. The molecule has 3 rings (SSSR count). The smallest absolute Gasteiger partial charge is 0.240 e. The largest absolute Gasteiger partial charge is 0.324 e. The Balaban J connectivity index is 1.83. The van der Waals surface area contributed by atoms with Gasteiger partial charge >= 0.3 is 0 Å². The zero-order valence-corrected chi connectivity index (χ0v) is 15.3. The summed E-state index contributed by atoms with van der Waals surface area (Å²) in [6.45, 7) is 1.57. The zero-order chi connectivity index (χ0) is 18.9. The number of benzene rings is 2. The molecule has 0 spiro atoms. The lowest BCUT2D eigenvalue weighted by Gasteiger charge is -2.11. The van der Waals surface area contributed by atoms with Gasteiger partial charge in [-0.1, -0.05) is 23.7 Å². The van der Waals surface area contributed by atoms with Gasteiger partial charge in [-0.25, -0.2) is 13.1 Å². The van der Waals surface area contributed by atoms with Crippen molar-refractivity contribution in [2.24, 2.45) is 5.92 Å². The van der Waals surface area contributed by atoms with E-state index in [0.29, 0.717) is 10.7 Å². The van der Waals surface area contributed by atoms with Gasteiger partial charge in [-0.3, -0.25) is 9.59 Å². The number of fused-ring (bicyclic) bond motifs is 1. The third-order valence-corrected chi connectivity index (χ3v) is 5.63. The number of sulfonamides is 1. The van der Waals surface area contributed by atoms with Crippen LogP contribution in [0.25, 0.3) is 0 Å². The molecule has 0 saturated carbocycles. The molecule has 1 aliphatic heterocycles. The second-order valence-electron chi connectivity index (χ2n) is 5.86. The lowest BCUT2D eigenvalue weighted by Crippen LogP contribution is -2.28. The first-order valence-corrected chi connectivity index (χ1v) is 9.62. The molecule has 1 unspecified atom stereocenters. The van der Waals surface area contributed by atoms with Gasteiger partial charge in [-0.05, 0) is 42.8 Å². The highest BCUT2D eigenvalue weighted by molar-refractivity contribution is 7.89. The van der Waals surface area contributed by atoms with E-state index in [-0.39, 0.29) is 17.1 Å². The molecule has 1 heterocycles. The Morgan fingerprint density at radius 3 is 2.27 bits per heavy atom. The quantitative estimate of drug-likeness (QED) is 0.693. The van der Waals surface area contributed by atoms with Crippen molar-refractivity contribution in [1.29, 1.82) is 0 Å². The summed E-state index contributed by atoms with van der Waals surface area (Å²) in [6, 6.07) is 10.9. The van der Waals surface area contributed by atoms with Crippen LogP contribution in [0.4, 0.5) is 11.4 Å². The van der Waals surface area contributed by atoms with Crippen LogP contribution in [-0.2, 0) is 26.2 Å². The van der Waals surface area contributed by atoms with Gasteiger partial charge in [0.1, 0.15) is 5.92 Å². The average molecular weight is 394 g/mol. The third kappa shape index (κ3) is 3.87. The number of anilines is 2. The van der Waals surface area contributed by atoms with Crippen molar-refractivity contribution in [3.05, 3.63) is 53.1 Å².